The number of hydrogen-bond donors (Lipinski definition) is 1. The number of aryl methyl sites for hydroxylation is 1. The fraction of sp³-hybridized carbons (Fsp3) is 0.706. The fourth-order valence-electron chi connectivity index (χ4n) is 2.33. The summed E-state index contributed by atoms with van der Waals surface area (Å²) in [5.74, 6) is 0.568. The molecule has 1 amide bonds. The number of amides is 1. The monoisotopic (exact) mass is 306 g/mol. The SMILES string of the molecule is CCCCCNC(=O)c1cc(C)nc(N(CCC)CCC)n1. The predicted molar refractivity (Wildman–Crippen MR) is 91.4 cm³/mol. The van der Waals surface area contributed by atoms with Crippen molar-refractivity contribution in [2.24, 2.45) is 0 Å². The standard InChI is InChI=1S/C17H30N4O/c1-5-8-9-10-18-16(22)15-13-14(4)19-17(20-15)21(11-6-2)12-7-3/h13H,5-12H2,1-4H3,(H,18,22). The summed E-state index contributed by atoms with van der Waals surface area (Å²) in [6, 6.07) is 1.76. The van der Waals surface area contributed by atoms with Gasteiger partial charge in [0.2, 0.25) is 5.95 Å². The average molecular weight is 306 g/mol. The molecule has 0 radical (unpaired) electrons. The molecule has 0 unspecified atom stereocenters. The quantitative estimate of drug-likeness (QED) is 0.674. The van der Waals surface area contributed by atoms with Crippen molar-refractivity contribution in [2.75, 3.05) is 24.5 Å². The van der Waals surface area contributed by atoms with Crippen molar-refractivity contribution in [3.63, 3.8) is 0 Å². The molecule has 0 spiro atoms. The summed E-state index contributed by atoms with van der Waals surface area (Å²) in [6.07, 6.45) is 5.37. The summed E-state index contributed by atoms with van der Waals surface area (Å²) in [4.78, 5) is 23.4. The topological polar surface area (TPSA) is 58.1 Å². The van der Waals surface area contributed by atoms with Gasteiger partial charge in [-0.2, -0.15) is 0 Å². The Kier molecular flexibility index (Phi) is 8.48. The van der Waals surface area contributed by atoms with Gasteiger partial charge in [0.05, 0.1) is 0 Å². The van der Waals surface area contributed by atoms with Gasteiger partial charge in [-0.15, -0.1) is 0 Å². The molecule has 124 valence electrons. The summed E-state index contributed by atoms with van der Waals surface area (Å²) in [5.41, 5.74) is 1.30. The lowest BCUT2D eigenvalue weighted by molar-refractivity contribution is 0.0947. The van der Waals surface area contributed by atoms with Crippen LogP contribution in [-0.2, 0) is 0 Å². The molecular weight excluding hydrogens is 276 g/mol. The minimum absolute atomic E-state index is 0.101. The second kappa shape index (κ2) is 10.1. The van der Waals surface area contributed by atoms with Crippen molar-refractivity contribution in [1.29, 1.82) is 0 Å². The first-order chi connectivity index (χ1) is 10.6. The molecule has 0 aliphatic rings. The first kappa shape index (κ1) is 18.4. The second-order valence-corrected chi connectivity index (χ2v) is 5.64. The van der Waals surface area contributed by atoms with E-state index in [1.165, 1.54) is 0 Å². The Labute approximate surface area is 134 Å². The van der Waals surface area contributed by atoms with E-state index in [9.17, 15) is 4.79 Å². The number of unbranched alkanes of at least 4 members (excludes halogenated alkanes) is 2. The van der Waals surface area contributed by atoms with Gasteiger partial charge in [-0.05, 0) is 32.3 Å². The minimum Gasteiger partial charge on any atom is -0.351 e. The average Bonchev–Trinajstić information content (AvgIpc) is 2.50. The zero-order valence-electron chi connectivity index (χ0n) is 14.5. The van der Waals surface area contributed by atoms with Gasteiger partial charge < -0.3 is 10.2 Å². The summed E-state index contributed by atoms with van der Waals surface area (Å²) in [6.45, 7) is 10.9. The van der Waals surface area contributed by atoms with Gasteiger partial charge in [0.25, 0.3) is 5.91 Å². The van der Waals surface area contributed by atoms with Gasteiger partial charge in [0.1, 0.15) is 5.69 Å². The summed E-state index contributed by atoms with van der Waals surface area (Å²) in [7, 11) is 0. The molecule has 5 nitrogen and oxygen atoms in total. The lowest BCUT2D eigenvalue weighted by Gasteiger charge is -2.22. The Bertz CT molecular complexity index is 456. The zero-order chi connectivity index (χ0) is 16.4. The van der Waals surface area contributed by atoms with Crippen LogP contribution in [0.1, 0.15) is 69.1 Å². The number of rotatable bonds is 10. The van der Waals surface area contributed by atoms with E-state index in [1.54, 1.807) is 6.07 Å². The number of carbonyl (C=O) groups excluding carboxylic acids is 1. The van der Waals surface area contributed by atoms with E-state index >= 15 is 0 Å². The molecule has 1 rings (SSSR count). The smallest absolute Gasteiger partial charge is 0.270 e. The van der Waals surface area contributed by atoms with Crippen LogP contribution in [0.2, 0.25) is 0 Å². The molecule has 0 saturated heterocycles. The fourth-order valence-corrected chi connectivity index (χ4v) is 2.33. The predicted octanol–water partition coefficient (Wildman–Crippen LogP) is 3.33. The van der Waals surface area contributed by atoms with E-state index in [-0.39, 0.29) is 5.91 Å². The Hall–Kier alpha value is -1.65. The van der Waals surface area contributed by atoms with Gasteiger partial charge in [-0.25, -0.2) is 9.97 Å². The van der Waals surface area contributed by atoms with Crippen LogP contribution in [0.4, 0.5) is 5.95 Å². The number of carbonyl (C=O) groups is 1. The Morgan fingerprint density at radius 2 is 1.77 bits per heavy atom. The highest BCUT2D eigenvalue weighted by Gasteiger charge is 2.14. The molecule has 0 aliphatic heterocycles. The number of nitrogens with zero attached hydrogens (tertiary/aromatic N) is 3. The van der Waals surface area contributed by atoms with Crippen molar-refractivity contribution in [3.8, 4) is 0 Å². The Balaban J connectivity index is 2.81. The maximum absolute atomic E-state index is 12.2. The van der Waals surface area contributed by atoms with Crippen molar-refractivity contribution in [2.45, 2.75) is 59.8 Å². The van der Waals surface area contributed by atoms with Crippen molar-refractivity contribution in [3.05, 3.63) is 17.5 Å². The van der Waals surface area contributed by atoms with Gasteiger partial charge >= 0.3 is 0 Å². The molecule has 0 aliphatic carbocycles. The van der Waals surface area contributed by atoms with Crippen LogP contribution >= 0.6 is 0 Å². The number of nitrogens with one attached hydrogen (secondary N) is 1. The lowest BCUT2D eigenvalue weighted by atomic mass is 10.2. The maximum atomic E-state index is 12.2. The molecule has 1 heterocycles. The number of aromatic nitrogens is 2. The van der Waals surface area contributed by atoms with Gasteiger partial charge in [0, 0.05) is 25.3 Å². The van der Waals surface area contributed by atoms with E-state index < -0.39 is 0 Å². The van der Waals surface area contributed by atoms with E-state index in [4.69, 9.17) is 0 Å². The molecular formula is C17H30N4O. The van der Waals surface area contributed by atoms with Crippen molar-refractivity contribution >= 4 is 11.9 Å². The molecule has 0 aromatic carbocycles. The van der Waals surface area contributed by atoms with Crippen LogP contribution < -0.4 is 10.2 Å². The van der Waals surface area contributed by atoms with Gasteiger partial charge in [0.15, 0.2) is 0 Å². The summed E-state index contributed by atoms with van der Waals surface area (Å²) < 4.78 is 0. The van der Waals surface area contributed by atoms with Crippen LogP contribution in [-0.4, -0.2) is 35.5 Å². The van der Waals surface area contributed by atoms with Gasteiger partial charge in [-0.3, -0.25) is 4.79 Å². The molecule has 0 fully saturated rings. The third kappa shape index (κ3) is 6.00. The number of hydrogen-bond acceptors (Lipinski definition) is 4. The maximum Gasteiger partial charge on any atom is 0.270 e. The molecule has 5 heteroatoms. The Morgan fingerprint density at radius 3 is 2.36 bits per heavy atom. The van der Waals surface area contributed by atoms with Crippen LogP contribution in [0.3, 0.4) is 0 Å². The molecule has 0 atom stereocenters. The third-order valence-electron chi connectivity index (χ3n) is 3.41. The van der Waals surface area contributed by atoms with E-state index in [0.717, 1.165) is 50.9 Å². The number of anilines is 1. The first-order valence-electron chi connectivity index (χ1n) is 8.51. The molecule has 1 aromatic heterocycles. The molecule has 0 bridgehead atoms. The second-order valence-electron chi connectivity index (χ2n) is 5.64. The van der Waals surface area contributed by atoms with E-state index in [0.29, 0.717) is 18.2 Å². The van der Waals surface area contributed by atoms with Crippen LogP contribution in [0.5, 0.6) is 0 Å². The third-order valence-corrected chi connectivity index (χ3v) is 3.41. The highest BCUT2D eigenvalue weighted by Crippen LogP contribution is 2.12. The minimum atomic E-state index is -0.101. The van der Waals surface area contributed by atoms with E-state index in [1.807, 2.05) is 6.92 Å². The highest BCUT2D eigenvalue weighted by atomic mass is 16.1. The van der Waals surface area contributed by atoms with Crippen LogP contribution in [0, 0.1) is 6.92 Å². The lowest BCUT2D eigenvalue weighted by Crippen LogP contribution is -2.30. The highest BCUT2D eigenvalue weighted by molar-refractivity contribution is 5.92. The molecule has 22 heavy (non-hydrogen) atoms. The molecule has 0 saturated carbocycles. The first-order valence-corrected chi connectivity index (χ1v) is 8.51. The normalized spacial score (nSPS) is 10.5. The molecule has 1 N–H and O–H groups in total. The zero-order valence-corrected chi connectivity index (χ0v) is 14.5. The van der Waals surface area contributed by atoms with Crippen LogP contribution in [0.15, 0.2) is 6.07 Å². The summed E-state index contributed by atoms with van der Waals surface area (Å²) >= 11 is 0. The largest absolute Gasteiger partial charge is 0.351 e. The molecule has 1 aromatic rings. The Morgan fingerprint density at radius 1 is 1.09 bits per heavy atom. The van der Waals surface area contributed by atoms with Crippen LogP contribution in [0.25, 0.3) is 0 Å². The van der Waals surface area contributed by atoms with Gasteiger partial charge in [-0.1, -0.05) is 33.6 Å². The van der Waals surface area contributed by atoms with E-state index in [2.05, 4.69) is 41.0 Å². The van der Waals surface area contributed by atoms with Crippen molar-refractivity contribution in [1.82, 2.24) is 15.3 Å². The summed E-state index contributed by atoms with van der Waals surface area (Å²) in [5, 5.41) is 2.94. The van der Waals surface area contributed by atoms with Crippen molar-refractivity contribution < 1.29 is 4.79 Å².